The van der Waals surface area contributed by atoms with Crippen molar-refractivity contribution in [2.75, 3.05) is 27.4 Å². The van der Waals surface area contributed by atoms with E-state index in [1.807, 2.05) is 30.0 Å². The van der Waals surface area contributed by atoms with Crippen LogP contribution >= 0.6 is 0 Å². The molecule has 0 radical (unpaired) electrons. The maximum absolute atomic E-state index is 13.2. The summed E-state index contributed by atoms with van der Waals surface area (Å²) in [6.07, 6.45) is 1.64. The highest BCUT2D eigenvalue weighted by Gasteiger charge is 2.40. The topological polar surface area (TPSA) is 85.3 Å². The van der Waals surface area contributed by atoms with E-state index in [4.69, 9.17) is 14.2 Å². The number of aliphatic carboxylic acids is 1. The average Bonchev–Trinajstić information content (AvgIpc) is 2.85. The molecule has 1 heterocycles. The van der Waals surface area contributed by atoms with Crippen LogP contribution in [0.15, 0.2) is 71.1 Å². The van der Waals surface area contributed by atoms with Crippen LogP contribution in [0.3, 0.4) is 0 Å². The fourth-order valence-electron chi connectivity index (χ4n) is 4.64. The first-order valence-electron chi connectivity index (χ1n) is 11.7. The molecule has 0 fully saturated rings. The van der Waals surface area contributed by atoms with Gasteiger partial charge in [-0.05, 0) is 56.9 Å². The van der Waals surface area contributed by atoms with Gasteiger partial charge in [-0.3, -0.25) is 0 Å². The molecule has 0 aliphatic carbocycles. The third kappa shape index (κ3) is 5.50. The number of benzene rings is 2. The molecule has 0 aromatic heterocycles. The molecule has 7 nitrogen and oxygen atoms in total. The zero-order valence-electron chi connectivity index (χ0n) is 21.0. The van der Waals surface area contributed by atoms with Gasteiger partial charge >= 0.3 is 11.9 Å². The molecule has 35 heavy (non-hydrogen) atoms. The maximum Gasteiger partial charge on any atom is 0.336 e. The minimum Gasteiger partial charge on any atom is -0.493 e. The average molecular weight is 480 g/mol. The van der Waals surface area contributed by atoms with Crippen LogP contribution in [0, 0.1) is 0 Å². The number of allylic oxidation sites excluding steroid dienone is 2. The number of carbonyl (C=O) groups is 2. The monoisotopic (exact) mass is 479 g/mol. The van der Waals surface area contributed by atoms with Gasteiger partial charge in [0.1, 0.15) is 0 Å². The third-order valence-electron chi connectivity index (χ3n) is 6.32. The minimum atomic E-state index is -1.08. The van der Waals surface area contributed by atoms with Crippen molar-refractivity contribution < 1.29 is 28.9 Å². The molecule has 1 unspecified atom stereocenters. The van der Waals surface area contributed by atoms with Gasteiger partial charge in [0.2, 0.25) is 0 Å². The number of ether oxygens (including phenoxy) is 3. The van der Waals surface area contributed by atoms with Gasteiger partial charge < -0.3 is 24.2 Å². The van der Waals surface area contributed by atoms with Crippen molar-refractivity contribution in [2.24, 2.45) is 0 Å². The lowest BCUT2D eigenvalue weighted by Crippen LogP contribution is -2.35. The molecule has 1 N–H and O–H groups in total. The molecule has 7 heteroatoms. The van der Waals surface area contributed by atoms with Crippen LogP contribution in [0.2, 0.25) is 0 Å². The Morgan fingerprint density at radius 3 is 2.20 bits per heavy atom. The molecular formula is C28H33NO6. The Labute approximate surface area is 206 Å². The van der Waals surface area contributed by atoms with E-state index in [1.165, 1.54) is 19.8 Å². The summed E-state index contributed by atoms with van der Waals surface area (Å²) in [5.41, 5.74) is 3.59. The zero-order chi connectivity index (χ0) is 25.5. The van der Waals surface area contributed by atoms with E-state index in [-0.39, 0.29) is 12.2 Å². The fourth-order valence-corrected chi connectivity index (χ4v) is 4.64. The number of aryl methyl sites for hydroxylation is 1. The zero-order valence-corrected chi connectivity index (χ0v) is 21.0. The summed E-state index contributed by atoms with van der Waals surface area (Å²) in [5, 5.41) is 10.3. The van der Waals surface area contributed by atoms with Crippen LogP contribution in [0.4, 0.5) is 0 Å². The van der Waals surface area contributed by atoms with E-state index in [0.29, 0.717) is 40.6 Å². The van der Waals surface area contributed by atoms with Crippen molar-refractivity contribution in [1.29, 1.82) is 0 Å². The highest BCUT2D eigenvalue weighted by molar-refractivity contribution is 5.99. The van der Waals surface area contributed by atoms with E-state index < -0.39 is 17.9 Å². The molecular weight excluding hydrogens is 446 g/mol. The van der Waals surface area contributed by atoms with E-state index >= 15 is 0 Å². The first-order valence-corrected chi connectivity index (χ1v) is 11.7. The van der Waals surface area contributed by atoms with Gasteiger partial charge in [-0.15, -0.1) is 0 Å². The van der Waals surface area contributed by atoms with Crippen LogP contribution in [-0.2, 0) is 20.7 Å². The first kappa shape index (κ1) is 25.9. The molecule has 3 rings (SSSR count). The summed E-state index contributed by atoms with van der Waals surface area (Å²) in [6, 6.07) is 15.3. The maximum atomic E-state index is 13.2. The van der Waals surface area contributed by atoms with E-state index in [2.05, 4.69) is 12.1 Å². The number of nitrogens with zero attached hydrogens (tertiary/aromatic N) is 1. The number of carboxylic acids is 1. The number of esters is 1. The van der Waals surface area contributed by atoms with Crippen molar-refractivity contribution in [3.63, 3.8) is 0 Å². The van der Waals surface area contributed by atoms with Gasteiger partial charge in [0.15, 0.2) is 11.5 Å². The molecule has 0 saturated carbocycles. The van der Waals surface area contributed by atoms with E-state index in [1.54, 1.807) is 32.0 Å². The lowest BCUT2D eigenvalue weighted by Gasteiger charge is -2.37. The molecule has 0 saturated heterocycles. The second kappa shape index (κ2) is 11.6. The van der Waals surface area contributed by atoms with Gasteiger partial charge in [-0.1, -0.05) is 36.4 Å². The summed E-state index contributed by atoms with van der Waals surface area (Å²) < 4.78 is 16.2. The summed E-state index contributed by atoms with van der Waals surface area (Å²) in [7, 11) is 3.05. The van der Waals surface area contributed by atoms with Crippen molar-refractivity contribution in [2.45, 2.75) is 39.5 Å². The quantitative estimate of drug-likeness (QED) is 0.484. The second-order valence-corrected chi connectivity index (χ2v) is 8.31. The summed E-state index contributed by atoms with van der Waals surface area (Å²) in [5.74, 6) is -1.44. The Hall–Kier alpha value is -3.74. The summed E-state index contributed by atoms with van der Waals surface area (Å²) in [4.78, 5) is 27.7. The third-order valence-corrected chi connectivity index (χ3v) is 6.32. The van der Waals surface area contributed by atoms with Gasteiger partial charge in [-0.2, -0.15) is 0 Å². The Balaban J connectivity index is 2.08. The molecule has 0 amide bonds. The Morgan fingerprint density at radius 2 is 1.60 bits per heavy atom. The van der Waals surface area contributed by atoms with Crippen molar-refractivity contribution in [3.8, 4) is 11.5 Å². The largest absolute Gasteiger partial charge is 0.493 e. The Bertz CT molecular complexity index is 1140. The fraction of sp³-hybridized carbons (Fsp3) is 0.357. The highest BCUT2D eigenvalue weighted by atomic mass is 16.5. The van der Waals surface area contributed by atoms with Crippen LogP contribution in [-0.4, -0.2) is 49.3 Å². The molecule has 2 aromatic carbocycles. The van der Waals surface area contributed by atoms with Gasteiger partial charge in [0.05, 0.1) is 37.9 Å². The van der Waals surface area contributed by atoms with Gasteiger partial charge in [0, 0.05) is 17.9 Å². The van der Waals surface area contributed by atoms with Crippen molar-refractivity contribution >= 4 is 11.9 Å². The lowest BCUT2D eigenvalue weighted by molar-refractivity contribution is -0.139. The second-order valence-electron chi connectivity index (χ2n) is 8.31. The smallest absolute Gasteiger partial charge is 0.336 e. The molecule has 1 aliphatic heterocycles. The summed E-state index contributed by atoms with van der Waals surface area (Å²) >= 11 is 0. The van der Waals surface area contributed by atoms with Crippen LogP contribution < -0.4 is 9.47 Å². The van der Waals surface area contributed by atoms with Gasteiger partial charge in [0.25, 0.3) is 0 Å². The Kier molecular flexibility index (Phi) is 8.58. The number of rotatable bonds is 10. The SMILES string of the molecule is CCOC(=O)C1=C(C)N(CCCc2ccccc2)C(C)=C(C(=O)O)C1c1ccc(OC)c(OC)c1. The number of carboxylic acid groups (broad SMARTS) is 1. The number of methoxy groups -OCH3 is 2. The molecule has 1 aliphatic rings. The number of carbonyl (C=O) groups excluding carboxylic acids is 1. The molecule has 0 bridgehead atoms. The van der Waals surface area contributed by atoms with Crippen molar-refractivity contribution in [3.05, 3.63) is 82.2 Å². The van der Waals surface area contributed by atoms with Crippen LogP contribution in [0.1, 0.15) is 44.2 Å². The van der Waals surface area contributed by atoms with E-state index in [9.17, 15) is 14.7 Å². The number of hydrogen-bond donors (Lipinski definition) is 1. The molecule has 1 atom stereocenters. The predicted octanol–water partition coefficient (Wildman–Crippen LogP) is 4.93. The predicted molar refractivity (Wildman–Crippen MR) is 133 cm³/mol. The molecule has 186 valence electrons. The lowest BCUT2D eigenvalue weighted by atomic mass is 9.79. The molecule has 0 spiro atoms. The van der Waals surface area contributed by atoms with Gasteiger partial charge in [-0.25, -0.2) is 9.59 Å². The summed E-state index contributed by atoms with van der Waals surface area (Å²) in [6.45, 7) is 6.15. The normalized spacial score (nSPS) is 15.8. The highest BCUT2D eigenvalue weighted by Crippen LogP contribution is 2.44. The first-order chi connectivity index (χ1) is 16.8. The van der Waals surface area contributed by atoms with E-state index in [0.717, 1.165) is 12.8 Å². The van der Waals surface area contributed by atoms with Crippen LogP contribution in [0.5, 0.6) is 11.5 Å². The van der Waals surface area contributed by atoms with Crippen LogP contribution in [0.25, 0.3) is 0 Å². The van der Waals surface area contributed by atoms with Crippen molar-refractivity contribution in [1.82, 2.24) is 4.90 Å². The minimum absolute atomic E-state index is 0.144. The number of hydrogen-bond acceptors (Lipinski definition) is 6. The standard InChI is InChI=1S/C28H33NO6/c1-6-35-28(32)25-19(3)29(16-10-13-20-11-8-7-9-12-20)18(2)24(27(30)31)26(25)21-14-15-22(33-4)23(17-21)34-5/h7-9,11-12,14-15,17,26H,6,10,13,16H2,1-5H3,(H,30,31). The molecule has 2 aromatic rings. The Morgan fingerprint density at radius 1 is 0.943 bits per heavy atom.